The molecule has 1 unspecified atom stereocenters. The van der Waals surface area contributed by atoms with E-state index in [9.17, 15) is 19.5 Å². The van der Waals surface area contributed by atoms with Gasteiger partial charge in [-0.15, -0.1) is 0 Å². The molecule has 4 N–H and O–H groups in total. The molecule has 0 bridgehead atoms. The van der Waals surface area contributed by atoms with E-state index in [1.807, 2.05) is 26.8 Å². The van der Waals surface area contributed by atoms with Crippen molar-refractivity contribution in [3.8, 4) is 5.75 Å². The van der Waals surface area contributed by atoms with Gasteiger partial charge in [-0.1, -0.05) is 12.1 Å². The Morgan fingerprint density at radius 2 is 1.78 bits per heavy atom. The fourth-order valence-electron chi connectivity index (χ4n) is 4.25. The van der Waals surface area contributed by atoms with Gasteiger partial charge in [0, 0.05) is 37.0 Å². The molecule has 2 aromatic rings. The number of pyridine rings is 1. The van der Waals surface area contributed by atoms with Crippen molar-refractivity contribution in [2.45, 2.75) is 64.5 Å². The summed E-state index contributed by atoms with van der Waals surface area (Å²) in [7, 11) is 0. The highest BCUT2D eigenvalue weighted by Gasteiger charge is 2.30. The zero-order chi connectivity index (χ0) is 26.1. The molecule has 1 aliphatic carbocycles. The van der Waals surface area contributed by atoms with Gasteiger partial charge < -0.3 is 25.8 Å². The number of benzene rings is 1. The number of nitrogens with one attached hydrogen (secondary N) is 3. The minimum Gasteiger partial charge on any atom is -0.508 e. The van der Waals surface area contributed by atoms with Crippen LogP contribution in [-0.2, 0) is 20.7 Å². The lowest BCUT2D eigenvalue weighted by atomic mass is 9.81. The summed E-state index contributed by atoms with van der Waals surface area (Å²) in [5, 5.41) is 18.4. The van der Waals surface area contributed by atoms with Gasteiger partial charge in [0.1, 0.15) is 17.4 Å². The quantitative estimate of drug-likeness (QED) is 0.440. The van der Waals surface area contributed by atoms with Gasteiger partial charge in [0.25, 0.3) is 0 Å². The van der Waals surface area contributed by atoms with Crippen molar-refractivity contribution in [2.24, 2.45) is 11.8 Å². The van der Waals surface area contributed by atoms with Crippen molar-refractivity contribution in [1.29, 1.82) is 0 Å². The van der Waals surface area contributed by atoms with Crippen LogP contribution in [0.4, 0.5) is 10.5 Å². The average Bonchev–Trinajstić information content (AvgIpc) is 2.82. The third kappa shape index (κ3) is 8.87. The monoisotopic (exact) mass is 496 g/mol. The third-order valence-corrected chi connectivity index (χ3v) is 6.08. The van der Waals surface area contributed by atoms with Crippen LogP contribution in [0.5, 0.6) is 5.75 Å². The second kappa shape index (κ2) is 12.4. The van der Waals surface area contributed by atoms with Gasteiger partial charge in [0.2, 0.25) is 11.8 Å². The maximum absolute atomic E-state index is 13.1. The summed E-state index contributed by atoms with van der Waals surface area (Å²) in [5.74, 6) is -0.329. The Hall–Kier alpha value is -3.62. The number of alkyl carbamates (subject to hydrolysis) is 1. The second-order valence-electron chi connectivity index (χ2n) is 10.3. The summed E-state index contributed by atoms with van der Waals surface area (Å²) in [5.41, 5.74) is 0.781. The maximum Gasteiger partial charge on any atom is 0.407 e. The highest BCUT2D eigenvalue weighted by atomic mass is 16.6. The molecule has 3 rings (SSSR count). The van der Waals surface area contributed by atoms with Crippen molar-refractivity contribution in [3.05, 3.63) is 54.4 Å². The predicted molar refractivity (Wildman–Crippen MR) is 136 cm³/mol. The molecule has 9 heteroatoms. The molecule has 194 valence electrons. The number of anilines is 1. The van der Waals surface area contributed by atoms with Crippen LogP contribution in [-0.4, -0.2) is 46.2 Å². The van der Waals surface area contributed by atoms with E-state index >= 15 is 0 Å². The Balaban J connectivity index is 1.56. The van der Waals surface area contributed by atoms with E-state index in [2.05, 4.69) is 20.9 Å². The number of ether oxygens (including phenoxy) is 1. The Morgan fingerprint density at radius 3 is 2.42 bits per heavy atom. The van der Waals surface area contributed by atoms with Crippen LogP contribution >= 0.6 is 0 Å². The summed E-state index contributed by atoms with van der Waals surface area (Å²) >= 11 is 0. The van der Waals surface area contributed by atoms with Crippen LogP contribution < -0.4 is 16.0 Å². The van der Waals surface area contributed by atoms with Gasteiger partial charge in [-0.05, 0) is 82.2 Å². The van der Waals surface area contributed by atoms with E-state index in [-0.39, 0.29) is 35.8 Å². The minimum atomic E-state index is -0.806. The Morgan fingerprint density at radius 1 is 1.08 bits per heavy atom. The molecular formula is C27H36N4O5. The fourth-order valence-corrected chi connectivity index (χ4v) is 4.25. The maximum atomic E-state index is 13.1. The van der Waals surface area contributed by atoms with Crippen LogP contribution in [0.3, 0.4) is 0 Å². The number of phenolic OH excluding ortho intramolecular Hbond substituents is 1. The third-order valence-electron chi connectivity index (χ3n) is 6.08. The van der Waals surface area contributed by atoms with Gasteiger partial charge in [0.15, 0.2) is 0 Å². The molecule has 3 amide bonds. The standard InChI is InChI=1S/C27H36N4O5/c1-27(2,3)36-26(35)29-17-18-7-9-20(10-8-18)24(33)31-23(16-19-5-4-6-22(32)15-19)25(34)30-21-11-13-28-14-12-21/h4-6,11-15,18,20,23,32H,7-10,16-17H2,1-3H3,(H,29,35)(H,31,33)(H,28,30,34). The number of carbonyl (C=O) groups excluding carboxylic acids is 3. The molecule has 1 aromatic carbocycles. The highest BCUT2D eigenvalue weighted by molar-refractivity contribution is 5.97. The number of hydrogen-bond donors (Lipinski definition) is 4. The van der Waals surface area contributed by atoms with E-state index in [1.54, 1.807) is 42.7 Å². The number of carbonyl (C=O) groups is 3. The highest BCUT2D eigenvalue weighted by Crippen LogP contribution is 2.29. The number of aromatic nitrogens is 1. The Bertz CT molecular complexity index is 1030. The molecule has 0 aliphatic heterocycles. The first kappa shape index (κ1) is 27.0. The molecule has 1 aliphatic rings. The topological polar surface area (TPSA) is 130 Å². The number of hydrogen-bond acceptors (Lipinski definition) is 6. The number of aromatic hydroxyl groups is 1. The van der Waals surface area contributed by atoms with Gasteiger partial charge in [0.05, 0.1) is 0 Å². The molecule has 0 radical (unpaired) electrons. The number of nitrogens with zero attached hydrogens (tertiary/aromatic N) is 1. The van der Waals surface area contributed by atoms with E-state index in [0.717, 1.165) is 18.4 Å². The van der Waals surface area contributed by atoms with Crippen LogP contribution in [0.1, 0.15) is 52.0 Å². The molecule has 1 heterocycles. The zero-order valence-electron chi connectivity index (χ0n) is 21.1. The Kier molecular flexibility index (Phi) is 9.27. The van der Waals surface area contributed by atoms with Gasteiger partial charge in [-0.25, -0.2) is 4.79 Å². The van der Waals surface area contributed by atoms with Crippen molar-refractivity contribution >= 4 is 23.6 Å². The molecule has 1 saturated carbocycles. The predicted octanol–water partition coefficient (Wildman–Crippen LogP) is 3.78. The van der Waals surface area contributed by atoms with Crippen molar-refractivity contribution in [1.82, 2.24) is 15.6 Å². The lowest BCUT2D eigenvalue weighted by Gasteiger charge is -2.29. The molecule has 1 atom stereocenters. The second-order valence-corrected chi connectivity index (χ2v) is 10.3. The van der Waals surface area contributed by atoms with E-state index in [4.69, 9.17) is 4.74 Å². The first-order valence-corrected chi connectivity index (χ1v) is 12.3. The fraction of sp³-hybridized carbons (Fsp3) is 0.481. The van der Waals surface area contributed by atoms with E-state index in [1.165, 1.54) is 0 Å². The summed E-state index contributed by atoms with van der Waals surface area (Å²) < 4.78 is 5.28. The van der Waals surface area contributed by atoms with Crippen molar-refractivity contribution in [2.75, 3.05) is 11.9 Å². The number of amides is 3. The summed E-state index contributed by atoms with van der Waals surface area (Å²) in [6, 6.07) is 9.21. The van der Waals surface area contributed by atoms with Crippen molar-refractivity contribution < 1.29 is 24.2 Å². The van der Waals surface area contributed by atoms with Gasteiger partial charge in [-0.2, -0.15) is 0 Å². The van der Waals surface area contributed by atoms with Gasteiger partial charge >= 0.3 is 6.09 Å². The molecular weight excluding hydrogens is 460 g/mol. The van der Waals surface area contributed by atoms with Crippen LogP contribution in [0.15, 0.2) is 48.8 Å². The van der Waals surface area contributed by atoms with E-state index in [0.29, 0.717) is 25.1 Å². The molecule has 0 spiro atoms. The first-order chi connectivity index (χ1) is 17.1. The summed E-state index contributed by atoms with van der Waals surface area (Å²) in [6.07, 6.45) is 5.92. The molecule has 9 nitrogen and oxygen atoms in total. The molecule has 0 saturated heterocycles. The summed E-state index contributed by atoms with van der Waals surface area (Å²) in [6.45, 7) is 5.97. The average molecular weight is 497 g/mol. The lowest BCUT2D eigenvalue weighted by molar-refractivity contribution is -0.130. The smallest absolute Gasteiger partial charge is 0.407 e. The first-order valence-electron chi connectivity index (χ1n) is 12.3. The normalized spacial score (nSPS) is 18.5. The minimum absolute atomic E-state index is 0.102. The number of phenols is 1. The van der Waals surface area contributed by atoms with Crippen LogP contribution in [0.2, 0.25) is 0 Å². The van der Waals surface area contributed by atoms with Crippen LogP contribution in [0, 0.1) is 11.8 Å². The zero-order valence-corrected chi connectivity index (χ0v) is 21.1. The molecule has 1 fully saturated rings. The Labute approximate surface area is 212 Å². The SMILES string of the molecule is CC(C)(C)OC(=O)NCC1CCC(C(=O)NC(Cc2cccc(O)c2)C(=O)Nc2ccncc2)CC1. The van der Waals surface area contributed by atoms with Gasteiger partial charge in [-0.3, -0.25) is 14.6 Å². The molecule has 1 aromatic heterocycles. The van der Waals surface area contributed by atoms with E-state index < -0.39 is 17.7 Å². The summed E-state index contributed by atoms with van der Waals surface area (Å²) in [4.78, 5) is 42.0. The van der Waals surface area contributed by atoms with Crippen molar-refractivity contribution in [3.63, 3.8) is 0 Å². The lowest BCUT2D eigenvalue weighted by Crippen LogP contribution is -2.48. The number of rotatable bonds is 8. The van der Waals surface area contributed by atoms with Crippen LogP contribution in [0.25, 0.3) is 0 Å². The largest absolute Gasteiger partial charge is 0.508 e. The molecule has 36 heavy (non-hydrogen) atoms.